The summed E-state index contributed by atoms with van der Waals surface area (Å²) in [7, 11) is 0. The molecule has 0 aromatic heterocycles. The van der Waals surface area contributed by atoms with Crippen molar-refractivity contribution in [1.82, 2.24) is 0 Å². The molecule has 0 saturated carbocycles. The Bertz CT molecular complexity index is 762. The molecule has 0 spiro atoms. The van der Waals surface area contributed by atoms with E-state index in [1.165, 1.54) is 25.1 Å². The Morgan fingerprint density at radius 1 is 1.36 bits per heavy atom. The van der Waals surface area contributed by atoms with Crippen molar-refractivity contribution in [3.63, 3.8) is 0 Å². The smallest absolute Gasteiger partial charge is 0.314 e. The van der Waals surface area contributed by atoms with Gasteiger partial charge >= 0.3 is 94.1 Å². The van der Waals surface area contributed by atoms with Crippen LogP contribution in [0.5, 0.6) is 5.75 Å². The fourth-order valence-corrected chi connectivity index (χ4v) is 3.45. The number of nitrogens with one attached hydrogen (secondary N) is 1. The van der Waals surface area contributed by atoms with Crippen LogP contribution in [-0.2, 0) is 18.1 Å². The van der Waals surface area contributed by atoms with Crippen LogP contribution in [0.15, 0.2) is 18.2 Å². The summed E-state index contributed by atoms with van der Waals surface area (Å²) in [5.41, 5.74) is -0.225. The Balaban J connectivity index is 0.000000528. The summed E-state index contributed by atoms with van der Waals surface area (Å²) in [6, 6.07) is 5.42. The molecule has 1 amide bonds. The number of anilines is 1. The summed E-state index contributed by atoms with van der Waals surface area (Å²) in [5, 5.41) is 19.7. The zero-order valence-electron chi connectivity index (χ0n) is 15.1. The topological polar surface area (TPSA) is 157 Å². The minimum atomic E-state index is -5.14. The summed E-state index contributed by atoms with van der Waals surface area (Å²) < 4.78 is 57.6. The number of halogens is 2. The number of para-hydroxylation sites is 1. The van der Waals surface area contributed by atoms with Gasteiger partial charge in [0.15, 0.2) is 0 Å². The molecule has 9 nitrogen and oxygen atoms in total. The number of hydrogen-bond acceptors (Lipinski definition) is 6. The first-order valence-corrected chi connectivity index (χ1v) is 11.3. The van der Waals surface area contributed by atoms with Crippen molar-refractivity contribution in [3.05, 3.63) is 18.2 Å². The number of nitriles is 1. The fourth-order valence-electron chi connectivity index (χ4n) is 1.89. The third kappa shape index (κ3) is 8.99. The Hall–Kier alpha value is -2.41. The van der Waals surface area contributed by atoms with Gasteiger partial charge in [0, 0.05) is 6.42 Å². The molecule has 0 aliphatic rings. The fraction of sp³-hybridized carbons (Fsp3) is 0.438. The van der Waals surface area contributed by atoms with Crippen LogP contribution in [0.2, 0.25) is 0 Å². The molecule has 156 valence electrons. The van der Waals surface area contributed by atoms with E-state index in [0.29, 0.717) is 0 Å². The van der Waals surface area contributed by atoms with Crippen molar-refractivity contribution < 1.29 is 40.1 Å². The van der Waals surface area contributed by atoms with Gasteiger partial charge in [-0.2, -0.15) is 5.26 Å². The SMILES string of the molecule is CC(=O)Nc1c(O)cccc1[As](=O)(O)O.CCOC(=O)C(CCC#N)C(F)F. The van der Waals surface area contributed by atoms with Crippen molar-refractivity contribution in [2.75, 3.05) is 11.9 Å². The molecule has 4 N–H and O–H groups in total. The van der Waals surface area contributed by atoms with E-state index in [1.807, 2.05) is 0 Å². The standard InChI is InChI=1S/C8H10AsNO5.C8H11F2NO2/c1-5(11)10-8-6(9(13,14)15)3-2-4-7(8)12;1-2-13-8(12)6(7(9)10)4-3-5-11/h2-4,12H,1H3,(H,10,11)(H2,13,14,15);6-7H,2-4H2,1H3. The molecule has 0 saturated heterocycles. The van der Waals surface area contributed by atoms with Gasteiger partial charge in [0.25, 0.3) is 6.43 Å². The van der Waals surface area contributed by atoms with Crippen LogP contribution in [0, 0.1) is 17.2 Å². The van der Waals surface area contributed by atoms with E-state index >= 15 is 0 Å². The summed E-state index contributed by atoms with van der Waals surface area (Å²) in [6.07, 6.45) is -2.96. The minimum absolute atomic E-state index is 0.0617. The molecule has 0 aliphatic carbocycles. The van der Waals surface area contributed by atoms with E-state index < -0.39 is 38.4 Å². The van der Waals surface area contributed by atoms with E-state index in [0.717, 1.165) is 0 Å². The van der Waals surface area contributed by atoms with Gasteiger partial charge in [-0.1, -0.05) is 0 Å². The first kappa shape index (κ1) is 25.6. The second-order valence-corrected chi connectivity index (χ2v) is 8.58. The molecule has 0 fully saturated rings. The molecule has 12 heteroatoms. The van der Waals surface area contributed by atoms with Gasteiger partial charge in [-0.15, -0.1) is 0 Å². The molecule has 0 radical (unpaired) electrons. The van der Waals surface area contributed by atoms with Crippen molar-refractivity contribution >= 4 is 36.1 Å². The quantitative estimate of drug-likeness (QED) is 0.259. The Morgan fingerprint density at radius 3 is 2.39 bits per heavy atom. The Morgan fingerprint density at radius 2 is 1.96 bits per heavy atom. The maximum Gasteiger partial charge on any atom is 0.314 e. The number of phenols is 1. The average molecular weight is 466 g/mol. The van der Waals surface area contributed by atoms with Gasteiger partial charge < -0.3 is 4.74 Å². The number of aromatic hydroxyl groups is 1. The van der Waals surface area contributed by atoms with Crippen LogP contribution in [0.25, 0.3) is 0 Å². The second kappa shape index (κ2) is 12.1. The number of rotatable bonds is 7. The van der Waals surface area contributed by atoms with Crippen molar-refractivity contribution in [1.29, 1.82) is 5.26 Å². The zero-order chi connectivity index (χ0) is 21.9. The Kier molecular flexibility index (Phi) is 11.1. The monoisotopic (exact) mass is 466 g/mol. The van der Waals surface area contributed by atoms with E-state index in [-0.39, 0.29) is 35.2 Å². The molecule has 0 bridgehead atoms. The summed E-state index contributed by atoms with van der Waals surface area (Å²) in [5.74, 6) is -3.26. The second-order valence-electron chi connectivity index (χ2n) is 5.29. The van der Waals surface area contributed by atoms with E-state index in [2.05, 4.69) is 10.1 Å². The zero-order valence-corrected chi connectivity index (χ0v) is 17.0. The normalized spacial score (nSPS) is 11.6. The molecule has 0 aliphatic heterocycles. The number of ether oxygens (including phenoxy) is 1. The Labute approximate surface area is 162 Å². The summed E-state index contributed by atoms with van der Waals surface area (Å²) in [6.45, 7) is 2.81. The molecule has 1 aromatic carbocycles. The number of carbonyl (C=O) groups is 2. The molecule has 28 heavy (non-hydrogen) atoms. The van der Waals surface area contributed by atoms with Crippen LogP contribution in [0.1, 0.15) is 26.7 Å². The average Bonchev–Trinajstić information content (AvgIpc) is 2.56. The number of hydrogen-bond donors (Lipinski definition) is 4. The van der Waals surface area contributed by atoms with Crippen molar-refractivity contribution in [2.45, 2.75) is 33.1 Å². The van der Waals surface area contributed by atoms with E-state index in [4.69, 9.17) is 13.5 Å². The molecule has 1 rings (SSSR count). The van der Waals surface area contributed by atoms with Gasteiger partial charge in [-0.3, -0.25) is 4.79 Å². The molecular weight excluding hydrogens is 445 g/mol. The van der Waals surface area contributed by atoms with Crippen LogP contribution in [-0.4, -0.2) is 52.4 Å². The van der Waals surface area contributed by atoms with Gasteiger partial charge in [-0.05, 0) is 13.3 Å². The van der Waals surface area contributed by atoms with Crippen LogP contribution < -0.4 is 9.67 Å². The van der Waals surface area contributed by atoms with Gasteiger partial charge in [0.05, 0.1) is 12.7 Å². The first-order chi connectivity index (χ1) is 12.9. The van der Waals surface area contributed by atoms with Gasteiger partial charge in [0.2, 0.25) is 0 Å². The van der Waals surface area contributed by atoms with Gasteiger partial charge in [-0.25, -0.2) is 8.78 Å². The van der Waals surface area contributed by atoms with Crippen molar-refractivity contribution in [3.8, 4) is 11.8 Å². The summed E-state index contributed by atoms with van der Waals surface area (Å²) in [4.78, 5) is 21.7. The maximum atomic E-state index is 12.2. The predicted octanol–water partition coefficient (Wildman–Crippen LogP) is 0.646. The number of carbonyl (C=O) groups excluding carboxylic acids is 2. The molecule has 1 aromatic rings. The maximum absolute atomic E-state index is 12.2. The van der Waals surface area contributed by atoms with E-state index in [9.17, 15) is 27.2 Å². The molecule has 1 unspecified atom stereocenters. The number of esters is 1. The number of phenolic OH excluding ortho intramolecular Hbond substituents is 1. The number of nitrogens with zero attached hydrogens (tertiary/aromatic N) is 1. The van der Waals surface area contributed by atoms with Crippen LogP contribution in [0.3, 0.4) is 0 Å². The number of amides is 1. The molecule has 1 atom stereocenters. The molecule has 0 heterocycles. The summed E-state index contributed by atoms with van der Waals surface area (Å²) >= 11 is -5.14. The largest absolute Gasteiger partial charge is 0.466 e. The number of benzene rings is 1. The minimum Gasteiger partial charge on any atom is -0.466 e. The van der Waals surface area contributed by atoms with Crippen LogP contribution >= 0.6 is 0 Å². The van der Waals surface area contributed by atoms with Crippen LogP contribution in [0.4, 0.5) is 14.5 Å². The predicted molar refractivity (Wildman–Crippen MR) is 93.9 cm³/mol. The van der Waals surface area contributed by atoms with E-state index in [1.54, 1.807) is 13.0 Å². The van der Waals surface area contributed by atoms with Gasteiger partial charge in [0.1, 0.15) is 5.92 Å². The first-order valence-electron chi connectivity index (χ1n) is 7.93. The number of alkyl halides is 2. The third-order valence-electron chi connectivity index (χ3n) is 3.10. The van der Waals surface area contributed by atoms with Crippen molar-refractivity contribution in [2.24, 2.45) is 5.92 Å². The molecular formula is C16H21AsF2N2O7. The third-order valence-corrected chi connectivity index (χ3v) is 5.19.